The van der Waals surface area contributed by atoms with Crippen molar-refractivity contribution in [2.24, 2.45) is 5.92 Å². The third-order valence-corrected chi connectivity index (χ3v) is 3.76. The molecular formula is C16H26O. The van der Waals surface area contributed by atoms with Crippen LogP contribution in [0.25, 0.3) is 0 Å². The zero-order chi connectivity index (χ0) is 12.7. The first kappa shape index (κ1) is 14.2. The van der Waals surface area contributed by atoms with Crippen molar-refractivity contribution >= 4 is 0 Å². The minimum Gasteiger partial charge on any atom is -0.379 e. The molecule has 0 bridgehead atoms. The Labute approximate surface area is 106 Å². The van der Waals surface area contributed by atoms with E-state index in [-0.39, 0.29) is 5.60 Å². The maximum absolute atomic E-state index is 5.73. The highest BCUT2D eigenvalue weighted by Gasteiger charge is 2.25. The zero-order valence-electron chi connectivity index (χ0n) is 11.7. The van der Waals surface area contributed by atoms with Gasteiger partial charge in [0.2, 0.25) is 0 Å². The van der Waals surface area contributed by atoms with Crippen LogP contribution in [-0.2, 0) is 11.2 Å². The van der Waals surface area contributed by atoms with Crippen molar-refractivity contribution in [2.75, 3.05) is 7.11 Å². The lowest BCUT2D eigenvalue weighted by atomic mass is 9.86. The first-order chi connectivity index (χ1) is 8.09. The van der Waals surface area contributed by atoms with Crippen molar-refractivity contribution in [3.63, 3.8) is 0 Å². The van der Waals surface area contributed by atoms with Gasteiger partial charge in [-0.1, -0.05) is 50.6 Å². The molecule has 0 unspecified atom stereocenters. The van der Waals surface area contributed by atoms with E-state index in [1.807, 2.05) is 7.11 Å². The average molecular weight is 234 g/mol. The molecule has 17 heavy (non-hydrogen) atoms. The van der Waals surface area contributed by atoms with Crippen LogP contribution in [-0.4, -0.2) is 12.7 Å². The molecule has 0 aliphatic rings. The van der Waals surface area contributed by atoms with Crippen molar-refractivity contribution in [1.29, 1.82) is 0 Å². The van der Waals surface area contributed by atoms with E-state index in [1.54, 1.807) is 0 Å². The Hall–Kier alpha value is -0.820. The van der Waals surface area contributed by atoms with Gasteiger partial charge in [0.25, 0.3) is 0 Å². The molecule has 0 saturated heterocycles. The number of ether oxygens (including phenoxy) is 1. The summed E-state index contributed by atoms with van der Waals surface area (Å²) in [5.41, 5.74) is 1.42. The van der Waals surface area contributed by atoms with E-state index in [0.717, 1.165) is 25.2 Å². The summed E-state index contributed by atoms with van der Waals surface area (Å²) in [6, 6.07) is 10.7. The van der Waals surface area contributed by atoms with Crippen LogP contribution in [0.1, 0.15) is 45.6 Å². The maximum atomic E-state index is 5.73. The van der Waals surface area contributed by atoms with E-state index in [0.29, 0.717) is 0 Å². The van der Waals surface area contributed by atoms with Gasteiger partial charge in [-0.3, -0.25) is 0 Å². The van der Waals surface area contributed by atoms with Gasteiger partial charge >= 0.3 is 0 Å². The van der Waals surface area contributed by atoms with Gasteiger partial charge in [0.15, 0.2) is 0 Å². The summed E-state index contributed by atoms with van der Waals surface area (Å²) < 4.78 is 5.73. The standard InChI is InChI=1S/C16H26O/c1-5-14(2)13-16(3,17-4)12-11-15-9-7-6-8-10-15/h6-10,14H,5,11-13H2,1-4H3/t14-,16-/m1/s1. The summed E-state index contributed by atoms with van der Waals surface area (Å²) in [6.45, 7) is 6.79. The smallest absolute Gasteiger partial charge is 0.0656 e. The van der Waals surface area contributed by atoms with Crippen LogP contribution < -0.4 is 0 Å². The van der Waals surface area contributed by atoms with E-state index in [4.69, 9.17) is 4.74 Å². The summed E-state index contributed by atoms with van der Waals surface area (Å²) >= 11 is 0. The molecule has 0 spiro atoms. The van der Waals surface area contributed by atoms with Crippen molar-refractivity contribution in [3.8, 4) is 0 Å². The summed E-state index contributed by atoms with van der Waals surface area (Å²) in [5.74, 6) is 0.732. The molecule has 1 nitrogen and oxygen atoms in total. The first-order valence-corrected chi connectivity index (χ1v) is 6.68. The summed E-state index contributed by atoms with van der Waals surface area (Å²) in [4.78, 5) is 0. The van der Waals surface area contributed by atoms with Crippen molar-refractivity contribution < 1.29 is 4.74 Å². The fourth-order valence-electron chi connectivity index (χ4n) is 2.22. The van der Waals surface area contributed by atoms with Crippen LogP contribution in [0, 0.1) is 5.92 Å². The van der Waals surface area contributed by atoms with Gasteiger partial charge in [-0.15, -0.1) is 0 Å². The first-order valence-electron chi connectivity index (χ1n) is 6.68. The van der Waals surface area contributed by atoms with E-state index in [1.165, 1.54) is 12.0 Å². The Morgan fingerprint density at radius 1 is 1.24 bits per heavy atom. The average Bonchev–Trinajstić information content (AvgIpc) is 2.37. The summed E-state index contributed by atoms with van der Waals surface area (Å²) in [6.07, 6.45) is 4.57. The fourth-order valence-corrected chi connectivity index (χ4v) is 2.22. The molecule has 1 aromatic rings. The third-order valence-electron chi connectivity index (χ3n) is 3.76. The molecule has 0 aliphatic carbocycles. The number of rotatable bonds is 7. The molecule has 0 amide bonds. The molecule has 96 valence electrons. The van der Waals surface area contributed by atoms with Gasteiger partial charge in [0.05, 0.1) is 5.60 Å². The number of aryl methyl sites for hydroxylation is 1. The summed E-state index contributed by atoms with van der Waals surface area (Å²) in [7, 11) is 1.84. The van der Waals surface area contributed by atoms with E-state index in [2.05, 4.69) is 51.1 Å². The molecule has 1 aromatic carbocycles. The number of benzene rings is 1. The predicted molar refractivity (Wildman–Crippen MR) is 74.2 cm³/mol. The van der Waals surface area contributed by atoms with Crippen LogP contribution in [0.5, 0.6) is 0 Å². The van der Waals surface area contributed by atoms with Gasteiger partial charge < -0.3 is 4.74 Å². The quantitative estimate of drug-likeness (QED) is 0.677. The Morgan fingerprint density at radius 2 is 1.88 bits per heavy atom. The zero-order valence-corrected chi connectivity index (χ0v) is 11.7. The second-order valence-corrected chi connectivity index (χ2v) is 5.36. The molecule has 0 heterocycles. The van der Waals surface area contributed by atoms with Gasteiger partial charge in [-0.05, 0) is 37.7 Å². The van der Waals surface area contributed by atoms with Crippen LogP contribution in [0.2, 0.25) is 0 Å². The largest absolute Gasteiger partial charge is 0.379 e. The van der Waals surface area contributed by atoms with Crippen molar-refractivity contribution in [2.45, 2.75) is 52.1 Å². The monoisotopic (exact) mass is 234 g/mol. The number of methoxy groups -OCH3 is 1. The van der Waals surface area contributed by atoms with Gasteiger partial charge in [0.1, 0.15) is 0 Å². The molecule has 0 fully saturated rings. The van der Waals surface area contributed by atoms with E-state index in [9.17, 15) is 0 Å². The van der Waals surface area contributed by atoms with Crippen LogP contribution in [0.3, 0.4) is 0 Å². The molecule has 0 radical (unpaired) electrons. The molecule has 1 rings (SSSR count). The number of hydrogen-bond acceptors (Lipinski definition) is 1. The third kappa shape index (κ3) is 4.91. The molecular weight excluding hydrogens is 208 g/mol. The molecule has 0 aromatic heterocycles. The predicted octanol–water partition coefficient (Wildman–Crippen LogP) is 4.46. The van der Waals surface area contributed by atoms with Crippen LogP contribution in [0.15, 0.2) is 30.3 Å². The van der Waals surface area contributed by atoms with Crippen molar-refractivity contribution in [1.82, 2.24) is 0 Å². The van der Waals surface area contributed by atoms with Crippen LogP contribution >= 0.6 is 0 Å². The maximum Gasteiger partial charge on any atom is 0.0656 e. The SMILES string of the molecule is CC[C@@H](C)C[C@@](C)(CCc1ccccc1)OC. The molecule has 2 atom stereocenters. The molecule has 0 saturated carbocycles. The second kappa shape index (κ2) is 6.80. The topological polar surface area (TPSA) is 9.23 Å². The molecule has 0 N–H and O–H groups in total. The normalized spacial score (nSPS) is 16.5. The fraction of sp³-hybridized carbons (Fsp3) is 0.625. The van der Waals surface area contributed by atoms with Gasteiger partial charge in [0, 0.05) is 7.11 Å². The highest BCUT2D eigenvalue weighted by atomic mass is 16.5. The Morgan fingerprint density at radius 3 is 2.41 bits per heavy atom. The minimum atomic E-state index is 0.0191. The van der Waals surface area contributed by atoms with Gasteiger partial charge in [-0.25, -0.2) is 0 Å². The second-order valence-electron chi connectivity index (χ2n) is 5.36. The Kier molecular flexibility index (Phi) is 5.70. The van der Waals surface area contributed by atoms with Gasteiger partial charge in [-0.2, -0.15) is 0 Å². The number of hydrogen-bond donors (Lipinski definition) is 0. The molecule has 0 aliphatic heterocycles. The van der Waals surface area contributed by atoms with Crippen LogP contribution in [0.4, 0.5) is 0 Å². The highest BCUT2D eigenvalue weighted by Crippen LogP contribution is 2.27. The minimum absolute atomic E-state index is 0.0191. The molecule has 1 heteroatoms. The van der Waals surface area contributed by atoms with E-state index < -0.39 is 0 Å². The Balaban J connectivity index is 2.51. The summed E-state index contributed by atoms with van der Waals surface area (Å²) in [5, 5.41) is 0. The van der Waals surface area contributed by atoms with Crippen molar-refractivity contribution in [3.05, 3.63) is 35.9 Å². The lowest BCUT2D eigenvalue weighted by molar-refractivity contribution is -0.0191. The highest BCUT2D eigenvalue weighted by molar-refractivity contribution is 5.15. The lowest BCUT2D eigenvalue weighted by Crippen LogP contribution is -2.30. The lowest BCUT2D eigenvalue weighted by Gasteiger charge is -2.31. The van der Waals surface area contributed by atoms with E-state index >= 15 is 0 Å². The Bertz CT molecular complexity index is 307.